The average molecular weight is 425 g/mol. The van der Waals surface area contributed by atoms with Gasteiger partial charge < -0.3 is 15.0 Å². The highest BCUT2D eigenvalue weighted by Gasteiger charge is 2.60. The zero-order valence-electron chi connectivity index (χ0n) is 17.5. The maximum atomic E-state index is 13.2. The molecule has 3 heterocycles. The highest BCUT2D eigenvalue weighted by Crippen LogP contribution is 2.44. The van der Waals surface area contributed by atoms with E-state index in [1.54, 1.807) is 41.2 Å². The first kappa shape index (κ1) is 20.6. The summed E-state index contributed by atoms with van der Waals surface area (Å²) < 4.78 is 6.94. The predicted molar refractivity (Wildman–Crippen MR) is 110 cm³/mol. The number of nitrogens with zero attached hydrogens (tertiary/aromatic N) is 4. The number of ether oxygens (including phenoxy) is 1. The van der Waals surface area contributed by atoms with Crippen molar-refractivity contribution in [2.75, 3.05) is 23.9 Å². The minimum Gasteiger partial charge on any atom is -0.452 e. The Labute approximate surface area is 178 Å². The van der Waals surface area contributed by atoms with Crippen LogP contribution in [0.1, 0.15) is 43.1 Å². The van der Waals surface area contributed by atoms with Crippen molar-refractivity contribution in [3.63, 3.8) is 0 Å². The fourth-order valence-electron chi connectivity index (χ4n) is 4.14. The number of esters is 1. The maximum Gasteiger partial charge on any atom is 0.354 e. The summed E-state index contributed by atoms with van der Waals surface area (Å²) in [6, 6.07) is 8.31. The fourth-order valence-corrected chi connectivity index (χ4v) is 4.14. The minimum absolute atomic E-state index is 0.0340. The van der Waals surface area contributed by atoms with Crippen LogP contribution in [0, 0.1) is 0 Å². The third kappa shape index (κ3) is 3.15. The van der Waals surface area contributed by atoms with Gasteiger partial charge in [-0.1, -0.05) is 12.1 Å². The van der Waals surface area contributed by atoms with Gasteiger partial charge >= 0.3 is 5.97 Å². The van der Waals surface area contributed by atoms with Crippen molar-refractivity contribution >= 4 is 35.2 Å². The predicted octanol–water partition coefficient (Wildman–Crippen LogP) is 1.55. The van der Waals surface area contributed by atoms with Crippen LogP contribution in [0.4, 0.5) is 11.5 Å². The van der Waals surface area contributed by atoms with Gasteiger partial charge in [0.2, 0.25) is 11.6 Å². The van der Waals surface area contributed by atoms with E-state index in [1.165, 1.54) is 16.8 Å². The van der Waals surface area contributed by atoms with Crippen molar-refractivity contribution in [1.82, 2.24) is 14.7 Å². The van der Waals surface area contributed by atoms with E-state index in [2.05, 4.69) is 10.4 Å². The van der Waals surface area contributed by atoms with E-state index in [9.17, 15) is 19.2 Å². The Hall–Kier alpha value is -3.69. The third-order valence-electron chi connectivity index (χ3n) is 5.63. The number of hydrogen-bond donors (Lipinski definition) is 1. The summed E-state index contributed by atoms with van der Waals surface area (Å²) in [6.45, 7) is 3.28. The maximum absolute atomic E-state index is 13.2. The summed E-state index contributed by atoms with van der Waals surface area (Å²) in [5, 5.41) is 6.79. The molecule has 2 aliphatic rings. The molecule has 4 rings (SSSR count). The number of rotatable bonds is 5. The number of fused-ring (bicyclic) bond motifs is 3. The number of para-hydroxylation sites is 1. The van der Waals surface area contributed by atoms with Crippen LogP contribution in [-0.2, 0) is 19.1 Å². The van der Waals surface area contributed by atoms with Gasteiger partial charge in [0.15, 0.2) is 6.61 Å². The molecule has 0 saturated carbocycles. The van der Waals surface area contributed by atoms with Gasteiger partial charge in [0.1, 0.15) is 5.82 Å². The summed E-state index contributed by atoms with van der Waals surface area (Å²) in [5.41, 5.74) is -0.901. The second-order valence-electron chi connectivity index (χ2n) is 7.81. The number of anilines is 2. The number of aromatic nitrogens is 2. The Morgan fingerprint density at radius 3 is 2.71 bits per heavy atom. The lowest BCUT2D eigenvalue weighted by molar-refractivity contribution is -0.158. The lowest BCUT2D eigenvalue weighted by atomic mass is 9.97. The van der Waals surface area contributed by atoms with Crippen LogP contribution >= 0.6 is 0 Å². The van der Waals surface area contributed by atoms with Crippen LogP contribution in [0.5, 0.6) is 0 Å². The number of carbonyl (C=O) groups is 4. The fraction of sp³-hybridized carbons (Fsp3) is 0.381. The molecule has 2 aromatic rings. The molecule has 0 radical (unpaired) electrons. The molecule has 0 spiro atoms. The van der Waals surface area contributed by atoms with E-state index < -0.39 is 24.1 Å². The number of likely N-dealkylation sites (N-methyl/N-ethyl adjacent to an activating group) is 1. The van der Waals surface area contributed by atoms with Crippen LogP contribution in [0.3, 0.4) is 0 Å². The van der Waals surface area contributed by atoms with E-state index in [-0.39, 0.29) is 30.7 Å². The van der Waals surface area contributed by atoms with Crippen LogP contribution in [-0.4, -0.2) is 57.7 Å². The molecule has 10 heteroatoms. The molecule has 2 aliphatic heterocycles. The molecule has 1 fully saturated rings. The van der Waals surface area contributed by atoms with Crippen molar-refractivity contribution < 1.29 is 23.9 Å². The van der Waals surface area contributed by atoms with E-state index in [4.69, 9.17) is 4.74 Å². The number of carbonyl (C=O) groups excluding carboxylic acids is 4. The first-order valence-electron chi connectivity index (χ1n) is 9.98. The van der Waals surface area contributed by atoms with Crippen molar-refractivity contribution in [3.05, 3.63) is 42.1 Å². The topological polar surface area (TPSA) is 114 Å². The number of benzene rings is 1. The monoisotopic (exact) mass is 425 g/mol. The molecule has 1 saturated heterocycles. The largest absolute Gasteiger partial charge is 0.452 e. The van der Waals surface area contributed by atoms with Gasteiger partial charge in [-0.2, -0.15) is 5.10 Å². The number of nitrogens with one attached hydrogen (secondary N) is 1. The van der Waals surface area contributed by atoms with Gasteiger partial charge in [-0.25, -0.2) is 9.48 Å². The van der Waals surface area contributed by atoms with Gasteiger partial charge in [0.25, 0.3) is 11.8 Å². The van der Waals surface area contributed by atoms with Crippen LogP contribution in [0.15, 0.2) is 36.5 Å². The molecule has 10 nitrogen and oxygen atoms in total. The standard InChI is InChI=1S/C21H23N5O5/c1-13(2)26-16(9-11-22-26)23-17(27)12-31-20(30)21-10-8-18(28)25(21)15-7-5-4-6-14(15)19(29)24(21)3/h4-7,9,11,13H,8,10,12H2,1-3H3,(H,23,27). The molecule has 1 atom stereocenters. The molecule has 1 aromatic heterocycles. The molecule has 31 heavy (non-hydrogen) atoms. The molecule has 162 valence electrons. The molecule has 1 unspecified atom stereocenters. The molecule has 1 N–H and O–H groups in total. The Morgan fingerprint density at radius 1 is 1.23 bits per heavy atom. The quantitative estimate of drug-likeness (QED) is 0.727. The lowest BCUT2D eigenvalue weighted by Gasteiger charge is -2.46. The molecule has 1 aromatic carbocycles. The van der Waals surface area contributed by atoms with Crippen molar-refractivity contribution in [2.24, 2.45) is 0 Å². The summed E-state index contributed by atoms with van der Waals surface area (Å²) in [5.74, 6) is -1.56. The Morgan fingerprint density at radius 2 is 1.97 bits per heavy atom. The molecular formula is C21H23N5O5. The molecule has 0 aliphatic carbocycles. The summed E-state index contributed by atoms with van der Waals surface area (Å²) in [6.07, 6.45) is 1.73. The number of amides is 3. The van der Waals surface area contributed by atoms with Crippen LogP contribution in [0.25, 0.3) is 0 Å². The minimum atomic E-state index is -1.61. The van der Waals surface area contributed by atoms with Gasteiger partial charge in [0, 0.05) is 32.0 Å². The van der Waals surface area contributed by atoms with Gasteiger partial charge in [-0.15, -0.1) is 0 Å². The first-order chi connectivity index (χ1) is 14.8. The van der Waals surface area contributed by atoms with Crippen LogP contribution < -0.4 is 10.2 Å². The molecule has 3 amide bonds. The van der Waals surface area contributed by atoms with E-state index in [1.807, 2.05) is 13.8 Å². The van der Waals surface area contributed by atoms with Gasteiger partial charge in [-0.05, 0) is 26.0 Å². The van der Waals surface area contributed by atoms with E-state index >= 15 is 0 Å². The summed E-state index contributed by atoms with van der Waals surface area (Å²) in [7, 11) is 1.46. The molecular weight excluding hydrogens is 402 g/mol. The summed E-state index contributed by atoms with van der Waals surface area (Å²) >= 11 is 0. The first-order valence-corrected chi connectivity index (χ1v) is 9.98. The van der Waals surface area contributed by atoms with E-state index in [0.717, 1.165) is 0 Å². The van der Waals surface area contributed by atoms with Crippen LogP contribution in [0.2, 0.25) is 0 Å². The molecule has 0 bridgehead atoms. The highest BCUT2D eigenvalue weighted by atomic mass is 16.5. The Kier molecular flexibility index (Phi) is 5.00. The summed E-state index contributed by atoms with van der Waals surface area (Å²) in [4.78, 5) is 53.7. The Balaban J connectivity index is 1.55. The Bertz CT molecular complexity index is 1080. The second kappa shape index (κ2) is 7.53. The zero-order chi connectivity index (χ0) is 22.3. The number of hydrogen-bond acceptors (Lipinski definition) is 6. The zero-order valence-corrected chi connectivity index (χ0v) is 17.5. The van der Waals surface area contributed by atoms with Crippen molar-refractivity contribution in [1.29, 1.82) is 0 Å². The SMILES string of the molecule is CC(C)n1nccc1NC(=O)COC(=O)C12CCC(=O)N1c1ccccc1C(=O)N2C. The van der Waals surface area contributed by atoms with Crippen molar-refractivity contribution in [2.45, 2.75) is 38.4 Å². The average Bonchev–Trinajstić information content (AvgIpc) is 3.35. The third-order valence-corrected chi connectivity index (χ3v) is 5.63. The highest BCUT2D eigenvalue weighted by molar-refractivity contribution is 6.15. The lowest BCUT2D eigenvalue weighted by Crippen LogP contribution is -2.67. The van der Waals surface area contributed by atoms with E-state index in [0.29, 0.717) is 17.1 Å². The normalized spacial score (nSPS) is 20.0. The van der Waals surface area contributed by atoms with Gasteiger partial charge in [0.05, 0.1) is 17.4 Å². The second-order valence-corrected chi connectivity index (χ2v) is 7.81. The smallest absolute Gasteiger partial charge is 0.354 e. The van der Waals surface area contributed by atoms with Gasteiger partial charge in [-0.3, -0.25) is 19.3 Å². The van der Waals surface area contributed by atoms with Crippen molar-refractivity contribution in [3.8, 4) is 0 Å².